The van der Waals surface area contributed by atoms with Crippen LogP contribution in [0.4, 0.5) is 0 Å². The molecule has 4 heterocycles. The van der Waals surface area contributed by atoms with Crippen LogP contribution in [0.2, 0.25) is 0 Å². The number of aromatic hydroxyl groups is 1. The van der Waals surface area contributed by atoms with Gasteiger partial charge in [0.25, 0.3) is 0 Å². The van der Waals surface area contributed by atoms with E-state index in [1.165, 1.54) is 141 Å². The summed E-state index contributed by atoms with van der Waals surface area (Å²) in [5, 5.41) is 12.5. The molecule has 2 fully saturated rings. The molecule has 2 saturated heterocycles. The normalized spacial score (nSPS) is 21.6. The number of aromatic nitrogens is 2. The summed E-state index contributed by atoms with van der Waals surface area (Å²) in [5.41, 5.74) is 11.4. The highest BCUT2D eigenvalue weighted by atomic mass is 16.3. The smallest absolute Gasteiger partial charge is 0.116 e. The van der Waals surface area contributed by atoms with Crippen LogP contribution < -0.4 is 0 Å². The number of aromatic amines is 2. The molecular weight excluding hydrogens is 649 g/mol. The molecule has 2 atom stereocenters. The second kappa shape index (κ2) is 15.6. The number of nitrogens with one attached hydrogen (secondary N) is 2. The largest absolute Gasteiger partial charge is 0.508 e. The Balaban J connectivity index is 0.000000141. The molecule has 0 bridgehead atoms. The maximum absolute atomic E-state index is 9.87. The van der Waals surface area contributed by atoms with E-state index in [9.17, 15) is 5.11 Å². The third-order valence-electron chi connectivity index (χ3n) is 13.2. The van der Waals surface area contributed by atoms with Crippen LogP contribution in [-0.4, -0.2) is 64.1 Å². The first-order chi connectivity index (χ1) is 26.1. The first kappa shape index (κ1) is 34.4. The van der Waals surface area contributed by atoms with E-state index >= 15 is 0 Å². The van der Waals surface area contributed by atoms with Crippen molar-refractivity contribution >= 4 is 21.8 Å². The number of nitrogens with zero attached hydrogens (tertiary/aromatic N) is 2. The molecule has 53 heavy (non-hydrogen) atoms. The highest BCUT2D eigenvalue weighted by molar-refractivity contribution is 5.86. The van der Waals surface area contributed by atoms with E-state index in [1.54, 1.807) is 11.6 Å². The average Bonchev–Trinajstić information content (AvgIpc) is 3.77. The number of hydrogen-bond donors (Lipinski definition) is 3. The lowest BCUT2D eigenvalue weighted by atomic mass is 9.84. The van der Waals surface area contributed by atoms with Crippen LogP contribution in [0.25, 0.3) is 21.8 Å². The summed E-state index contributed by atoms with van der Waals surface area (Å²) in [7, 11) is 0. The SMILES string of the molecule is Oc1ccc2[nH]c3c(c2c1)CC(CN1CCC(c2ccccc2)CC1)CC3.c1ccc(C2CCN(CC3CCc4[nH]c5ccccc5c4C3)CC2)cc1. The Kier molecular flexibility index (Phi) is 10.1. The Hall–Kier alpha value is -4.32. The molecule has 0 radical (unpaired) electrons. The topological polar surface area (TPSA) is 58.3 Å². The standard InChI is InChI=1S/C24H28N2O.C24H28N2/c27-20-7-9-24-22(15-20)21-14-17(6-8-23(21)25-24)16-26-12-10-19(11-13-26)18-4-2-1-3-5-18;1-2-6-19(7-3-1)20-12-14-26(15-13-20)17-18-10-11-24-22(16-18)21-8-4-5-9-23(21)25-24/h1-5,7,9,15,17,19,25,27H,6,8,10-14,16H2;1-9,18,20,25H,10-17H2. The number of H-pyrrole nitrogens is 2. The summed E-state index contributed by atoms with van der Waals surface area (Å²) >= 11 is 0. The molecule has 2 unspecified atom stereocenters. The molecule has 4 aliphatic rings. The van der Waals surface area contributed by atoms with Crippen LogP contribution in [0.15, 0.2) is 103 Å². The van der Waals surface area contributed by atoms with Crippen molar-refractivity contribution in [2.45, 2.75) is 76.0 Å². The summed E-state index contributed by atoms with van der Waals surface area (Å²) in [6, 6.07) is 36.7. The Morgan fingerprint density at radius 2 is 0.981 bits per heavy atom. The Morgan fingerprint density at radius 1 is 0.509 bits per heavy atom. The molecule has 0 saturated carbocycles. The summed E-state index contributed by atoms with van der Waals surface area (Å²) in [4.78, 5) is 12.6. The van der Waals surface area contributed by atoms with Crippen molar-refractivity contribution in [3.8, 4) is 5.75 Å². The van der Waals surface area contributed by atoms with E-state index in [1.807, 2.05) is 12.1 Å². The van der Waals surface area contributed by atoms with E-state index in [-0.39, 0.29) is 0 Å². The van der Waals surface area contributed by atoms with Crippen LogP contribution in [-0.2, 0) is 25.7 Å². The molecule has 2 aliphatic heterocycles. The van der Waals surface area contributed by atoms with Crippen LogP contribution in [0.1, 0.15) is 84.0 Å². The number of phenols is 1. The molecule has 2 aromatic heterocycles. The van der Waals surface area contributed by atoms with Crippen molar-refractivity contribution in [3.63, 3.8) is 0 Å². The molecule has 3 N–H and O–H groups in total. The van der Waals surface area contributed by atoms with E-state index in [0.717, 1.165) is 36.5 Å². The number of phenolic OH excluding ortho intramolecular Hbond substituents is 1. The number of aryl methyl sites for hydroxylation is 2. The molecule has 6 aromatic rings. The van der Waals surface area contributed by atoms with Crippen molar-refractivity contribution in [2.75, 3.05) is 39.3 Å². The molecule has 4 aromatic carbocycles. The first-order valence-corrected chi connectivity index (χ1v) is 20.6. The summed E-state index contributed by atoms with van der Waals surface area (Å²) in [5.74, 6) is 3.41. The highest BCUT2D eigenvalue weighted by Gasteiger charge is 2.28. The zero-order chi connectivity index (χ0) is 35.6. The van der Waals surface area contributed by atoms with Crippen LogP contribution >= 0.6 is 0 Å². The van der Waals surface area contributed by atoms with Gasteiger partial charge in [-0.2, -0.15) is 0 Å². The van der Waals surface area contributed by atoms with Crippen molar-refractivity contribution in [1.29, 1.82) is 0 Å². The number of para-hydroxylation sites is 1. The van der Waals surface area contributed by atoms with Crippen molar-refractivity contribution < 1.29 is 5.11 Å². The average molecular weight is 705 g/mol. The van der Waals surface area contributed by atoms with Gasteiger partial charge in [-0.1, -0.05) is 78.9 Å². The minimum Gasteiger partial charge on any atom is -0.508 e. The number of fused-ring (bicyclic) bond motifs is 6. The summed E-state index contributed by atoms with van der Waals surface area (Å²) in [6.07, 6.45) is 12.5. The molecule has 5 nitrogen and oxygen atoms in total. The molecular formula is C48H56N4O. The maximum atomic E-state index is 9.87. The van der Waals surface area contributed by atoms with Gasteiger partial charge in [0.15, 0.2) is 0 Å². The maximum Gasteiger partial charge on any atom is 0.116 e. The Bertz CT molecular complexity index is 2100. The van der Waals surface area contributed by atoms with Gasteiger partial charge in [-0.3, -0.25) is 0 Å². The van der Waals surface area contributed by atoms with Gasteiger partial charge in [0.05, 0.1) is 0 Å². The van der Waals surface area contributed by atoms with Gasteiger partial charge in [-0.25, -0.2) is 0 Å². The predicted octanol–water partition coefficient (Wildman–Crippen LogP) is 10.0. The molecule has 10 rings (SSSR count). The Labute approximate surface area is 315 Å². The fraction of sp³-hybridized carbons (Fsp3) is 0.417. The highest BCUT2D eigenvalue weighted by Crippen LogP contribution is 2.36. The van der Waals surface area contributed by atoms with Gasteiger partial charge < -0.3 is 24.9 Å². The van der Waals surface area contributed by atoms with Gasteiger partial charge in [0, 0.05) is 46.3 Å². The number of likely N-dealkylation sites (tertiary alicyclic amines) is 2. The number of hydrogen-bond acceptors (Lipinski definition) is 3. The molecule has 0 spiro atoms. The fourth-order valence-corrected chi connectivity index (χ4v) is 10.3. The summed E-state index contributed by atoms with van der Waals surface area (Å²) in [6.45, 7) is 7.45. The Morgan fingerprint density at radius 3 is 1.53 bits per heavy atom. The lowest BCUT2D eigenvalue weighted by Crippen LogP contribution is -2.37. The minimum atomic E-state index is 0.370. The molecule has 5 heteroatoms. The number of piperidine rings is 2. The zero-order valence-corrected chi connectivity index (χ0v) is 31.3. The van der Waals surface area contributed by atoms with Gasteiger partial charge in [-0.15, -0.1) is 0 Å². The van der Waals surface area contributed by atoms with Gasteiger partial charge in [-0.05, 0) is 161 Å². The predicted molar refractivity (Wildman–Crippen MR) is 219 cm³/mol. The van der Waals surface area contributed by atoms with Crippen LogP contribution in [0.3, 0.4) is 0 Å². The van der Waals surface area contributed by atoms with E-state index in [0.29, 0.717) is 5.75 Å². The lowest BCUT2D eigenvalue weighted by molar-refractivity contribution is 0.175. The van der Waals surface area contributed by atoms with Crippen LogP contribution in [0.5, 0.6) is 5.75 Å². The second-order valence-electron chi connectivity index (χ2n) is 16.6. The molecule has 0 amide bonds. The third kappa shape index (κ3) is 7.70. The minimum absolute atomic E-state index is 0.370. The molecule has 274 valence electrons. The van der Waals surface area contributed by atoms with E-state index < -0.39 is 0 Å². The lowest BCUT2D eigenvalue weighted by Gasteiger charge is -2.35. The monoisotopic (exact) mass is 704 g/mol. The van der Waals surface area contributed by atoms with Gasteiger partial charge in [0.1, 0.15) is 5.75 Å². The summed E-state index contributed by atoms with van der Waals surface area (Å²) < 4.78 is 0. The zero-order valence-electron chi connectivity index (χ0n) is 31.3. The van der Waals surface area contributed by atoms with Crippen molar-refractivity contribution in [2.24, 2.45) is 11.8 Å². The second-order valence-corrected chi connectivity index (χ2v) is 16.6. The van der Waals surface area contributed by atoms with Gasteiger partial charge >= 0.3 is 0 Å². The van der Waals surface area contributed by atoms with Crippen molar-refractivity contribution in [3.05, 3.63) is 137 Å². The third-order valence-corrected chi connectivity index (χ3v) is 13.2. The fourth-order valence-electron chi connectivity index (χ4n) is 10.3. The quantitative estimate of drug-likeness (QED) is 0.162. The number of rotatable bonds is 6. The van der Waals surface area contributed by atoms with E-state index in [4.69, 9.17) is 0 Å². The number of benzene rings is 4. The first-order valence-electron chi connectivity index (χ1n) is 20.6. The van der Waals surface area contributed by atoms with E-state index in [2.05, 4.69) is 105 Å². The van der Waals surface area contributed by atoms with Crippen molar-refractivity contribution in [1.82, 2.24) is 19.8 Å². The molecule has 2 aliphatic carbocycles. The van der Waals surface area contributed by atoms with Gasteiger partial charge in [0.2, 0.25) is 0 Å². The van der Waals surface area contributed by atoms with Crippen LogP contribution in [0, 0.1) is 11.8 Å².